The van der Waals surface area contributed by atoms with Gasteiger partial charge in [-0.05, 0) is 76.1 Å². The van der Waals surface area contributed by atoms with Crippen molar-refractivity contribution in [1.82, 2.24) is 4.98 Å². The molecule has 6 rings (SSSR count). The van der Waals surface area contributed by atoms with Gasteiger partial charge in [0, 0.05) is 47.8 Å². The maximum atomic E-state index is 4.92. The van der Waals surface area contributed by atoms with Crippen LogP contribution < -0.4 is 0 Å². The molecular weight excluding hydrogens is 475 g/mol. The second-order valence-electron chi connectivity index (χ2n) is 11.3. The summed E-state index contributed by atoms with van der Waals surface area (Å²) in [7, 11) is 0. The third-order valence-corrected chi connectivity index (χ3v) is 9.03. The van der Waals surface area contributed by atoms with Crippen LogP contribution in [0.5, 0.6) is 0 Å². The zero-order valence-corrected chi connectivity index (χ0v) is 23.2. The molecular formula is C33H31NS2. The van der Waals surface area contributed by atoms with Crippen molar-refractivity contribution in [2.75, 3.05) is 0 Å². The van der Waals surface area contributed by atoms with Crippen LogP contribution in [0.25, 0.3) is 52.6 Å². The lowest BCUT2D eigenvalue weighted by molar-refractivity contribution is 0.596. The van der Waals surface area contributed by atoms with Crippen LogP contribution in [0.4, 0.5) is 0 Å². The van der Waals surface area contributed by atoms with Crippen molar-refractivity contribution in [3.8, 4) is 21.7 Å². The van der Waals surface area contributed by atoms with Crippen molar-refractivity contribution in [3.63, 3.8) is 0 Å². The minimum absolute atomic E-state index is 0.0482. The Bertz CT molecular complexity index is 1730. The Labute approximate surface area is 221 Å². The maximum absolute atomic E-state index is 4.92. The molecule has 36 heavy (non-hydrogen) atoms. The molecule has 0 radical (unpaired) electrons. The van der Waals surface area contributed by atoms with Gasteiger partial charge in [0.05, 0.1) is 5.69 Å². The predicted molar refractivity (Wildman–Crippen MR) is 161 cm³/mol. The predicted octanol–water partition coefficient (Wildman–Crippen LogP) is 10.5. The molecule has 3 heteroatoms. The van der Waals surface area contributed by atoms with E-state index in [0.717, 1.165) is 12.1 Å². The van der Waals surface area contributed by atoms with Gasteiger partial charge in [-0.1, -0.05) is 65.0 Å². The molecule has 0 aliphatic heterocycles. The monoisotopic (exact) mass is 505 g/mol. The molecule has 0 saturated heterocycles. The Morgan fingerprint density at radius 1 is 0.833 bits per heavy atom. The van der Waals surface area contributed by atoms with Gasteiger partial charge >= 0.3 is 0 Å². The zero-order chi connectivity index (χ0) is 25.0. The van der Waals surface area contributed by atoms with Crippen LogP contribution in [0.3, 0.4) is 0 Å². The van der Waals surface area contributed by atoms with Crippen LogP contribution in [0, 0.1) is 5.92 Å². The van der Waals surface area contributed by atoms with Gasteiger partial charge in [0.1, 0.15) is 0 Å². The summed E-state index contributed by atoms with van der Waals surface area (Å²) >= 11 is 3.72. The van der Waals surface area contributed by atoms with E-state index in [2.05, 4.69) is 107 Å². The molecule has 0 aliphatic rings. The molecule has 3 aromatic carbocycles. The lowest BCUT2D eigenvalue weighted by atomic mass is 9.82. The third-order valence-electron chi connectivity index (χ3n) is 6.94. The Hall–Kier alpha value is -3.01. The topological polar surface area (TPSA) is 12.9 Å². The molecule has 0 bridgehead atoms. The van der Waals surface area contributed by atoms with Gasteiger partial charge in [-0.3, -0.25) is 4.98 Å². The molecule has 0 spiro atoms. The van der Waals surface area contributed by atoms with Crippen molar-refractivity contribution in [2.24, 2.45) is 5.92 Å². The third kappa shape index (κ3) is 4.15. The number of rotatable bonds is 4. The van der Waals surface area contributed by atoms with Crippen molar-refractivity contribution in [2.45, 2.75) is 46.5 Å². The summed E-state index contributed by atoms with van der Waals surface area (Å²) in [6.07, 6.45) is 3.08. The van der Waals surface area contributed by atoms with E-state index in [0.29, 0.717) is 5.92 Å². The van der Waals surface area contributed by atoms with Crippen LogP contribution in [0.1, 0.15) is 45.7 Å². The highest BCUT2D eigenvalue weighted by Crippen LogP contribution is 2.43. The van der Waals surface area contributed by atoms with E-state index >= 15 is 0 Å². The van der Waals surface area contributed by atoms with Crippen molar-refractivity contribution < 1.29 is 0 Å². The summed E-state index contributed by atoms with van der Waals surface area (Å²) in [6.45, 7) is 11.5. The Balaban J connectivity index is 1.52. The van der Waals surface area contributed by atoms with E-state index in [1.807, 2.05) is 28.9 Å². The summed E-state index contributed by atoms with van der Waals surface area (Å²) in [4.78, 5) is 6.24. The Kier molecular flexibility index (Phi) is 5.74. The molecule has 0 atom stereocenters. The molecule has 1 nitrogen and oxygen atoms in total. The molecule has 0 aliphatic carbocycles. The molecule has 0 unspecified atom stereocenters. The fraction of sp³-hybridized carbons (Fsp3) is 0.242. The van der Waals surface area contributed by atoms with Crippen molar-refractivity contribution >= 4 is 53.6 Å². The standard InChI is InChI=1S/C33H31NS2/c1-20(2)14-21-10-11-29-25(15-21)27(19-35-29)31-18-26-30(36-31)12-13-34-32(26)23-16-22-8-6-7-9-24(22)28(17-23)33(3,4)5/h6-13,15-20H,14H2,1-5H3. The molecule has 0 N–H and O–H groups in total. The van der Waals surface area contributed by atoms with Gasteiger partial charge < -0.3 is 0 Å². The van der Waals surface area contributed by atoms with Gasteiger partial charge in [-0.25, -0.2) is 0 Å². The molecule has 0 fully saturated rings. The highest BCUT2D eigenvalue weighted by atomic mass is 32.1. The van der Waals surface area contributed by atoms with Crippen LogP contribution in [0.2, 0.25) is 0 Å². The second kappa shape index (κ2) is 8.83. The normalized spacial score (nSPS) is 12.4. The lowest BCUT2D eigenvalue weighted by Crippen LogP contribution is -2.12. The number of nitrogens with zero attached hydrogens (tertiary/aromatic N) is 1. The summed E-state index contributed by atoms with van der Waals surface area (Å²) in [6, 6.07) is 24.9. The lowest BCUT2D eigenvalue weighted by Gasteiger charge is -2.22. The number of hydrogen-bond acceptors (Lipinski definition) is 3. The number of fused-ring (bicyclic) bond motifs is 3. The SMILES string of the molecule is CC(C)Cc1ccc2scc(-c3cc4c(-c5cc(C(C)(C)C)c6ccccc6c5)nccc4s3)c2c1. The summed E-state index contributed by atoms with van der Waals surface area (Å²) in [5.74, 6) is 0.655. The highest BCUT2D eigenvalue weighted by Gasteiger charge is 2.20. The van der Waals surface area contributed by atoms with Gasteiger partial charge in [0.2, 0.25) is 0 Å². The first-order valence-corrected chi connectivity index (χ1v) is 14.4. The minimum atomic E-state index is 0.0482. The van der Waals surface area contributed by atoms with Gasteiger partial charge in [-0.2, -0.15) is 0 Å². The van der Waals surface area contributed by atoms with Crippen LogP contribution >= 0.6 is 22.7 Å². The quantitative estimate of drug-likeness (QED) is 0.232. The van der Waals surface area contributed by atoms with Crippen LogP contribution in [0.15, 0.2) is 78.3 Å². The average Bonchev–Trinajstić information content (AvgIpc) is 3.46. The summed E-state index contributed by atoms with van der Waals surface area (Å²) < 4.78 is 2.65. The van der Waals surface area contributed by atoms with Crippen molar-refractivity contribution in [1.29, 1.82) is 0 Å². The highest BCUT2D eigenvalue weighted by molar-refractivity contribution is 7.23. The smallest absolute Gasteiger partial charge is 0.0789 e. The molecule has 6 aromatic rings. The summed E-state index contributed by atoms with van der Waals surface area (Å²) in [5.41, 5.74) is 6.46. The van der Waals surface area contributed by atoms with E-state index < -0.39 is 0 Å². The average molecular weight is 506 g/mol. The molecule has 3 heterocycles. The largest absolute Gasteiger partial charge is 0.256 e. The first-order valence-electron chi connectivity index (χ1n) is 12.7. The number of pyridine rings is 1. The molecule has 0 saturated carbocycles. The van der Waals surface area contributed by atoms with E-state index in [4.69, 9.17) is 4.98 Å². The van der Waals surface area contributed by atoms with E-state index in [-0.39, 0.29) is 5.41 Å². The Morgan fingerprint density at radius 2 is 1.67 bits per heavy atom. The maximum Gasteiger partial charge on any atom is 0.0789 e. The zero-order valence-electron chi connectivity index (χ0n) is 21.6. The van der Waals surface area contributed by atoms with Gasteiger partial charge in [0.15, 0.2) is 0 Å². The fourth-order valence-electron chi connectivity index (χ4n) is 5.26. The molecule has 0 amide bonds. The number of thiophene rings is 2. The van der Waals surface area contributed by atoms with Crippen LogP contribution in [-0.4, -0.2) is 4.98 Å². The molecule has 180 valence electrons. The van der Waals surface area contributed by atoms with Gasteiger partial charge in [-0.15, -0.1) is 22.7 Å². The summed E-state index contributed by atoms with van der Waals surface area (Å²) in [5, 5.41) is 7.55. The van der Waals surface area contributed by atoms with Crippen molar-refractivity contribution in [3.05, 3.63) is 89.4 Å². The molecule has 3 aromatic heterocycles. The number of hydrogen-bond donors (Lipinski definition) is 0. The number of benzene rings is 3. The Morgan fingerprint density at radius 3 is 2.47 bits per heavy atom. The second-order valence-corrected chi connectivity index (χ2v) is 13.2. The van der Waals surface area contributed by atoms with E-state index in [9.17, 15) is 0 Å². The van der Waals surface area contributed by atoms with E-state index in [1.165, 1.54) is 58.1 Å². The first-order chi connectivity index (χ1) is 17.3. The number of aromatic nitrogens is 1. The fourth-order valence-corrected chi connectivity index (χ4v) is 7.36. The van der Waals surface area contributed by atoms with Gasteiger partial charge in [0.25, 0.3) is 0 Å². The van der Waals surface area contributed by atoms with E-state index in [1.54, 1.807) is 0 Å². The first kappa shape index (κ1) is 23.4. The minimum Gasteiger partial charge on any atom is -0.256 e. The van der Waals surface area contributed by atoms with Crippen LogP contribution in [-0.2, 0) is 11.8 Å².